The summed E-state index contributed by atoms with van der Waals surface area (Å²) in [5.41, 5.74) is 6.89. The van der Waals surface area contributed by atoms with Crippen LogP contribution in [0.4, 0.5) is 11.4 Å². The lowest BCUT2D eigenvalue weighted by molar-refractivity contribution is 0.0772. The summed E-state index contributed by atoms with van der Waals surface area (Å²) in [5, 5.41) is 3.59. The molecule has 3 aliphatic heterocycles. The van der Waals surface area contributed by atoms with Crippen molar-refractivity contribution in [2.75, 3.05) is 31.5 Å². The standard InChI is InChI=1S/C35H37N5O2S/c1-23(18-27-10-11-32(43-27)24-8-3-2-4-9-24)37-29-12-13-36-34(41)33(29)31-20-25-19-28-26(21-30(25)38-31)22-40(35(28)42)17-7-16-39-14-5-6-15-39/h2-4,8-13,19,21,23H,5-7,14-18,20,22H2,1H3,(H2,36,37,41). The Morgan fingerprint density at radius 1 is 1.00 bits per heavy atom. The molecule has 0 saturated carbocycles. The Labute approximate surface area is 256 Å². The van der Waals surface area contributed by atoms with Gasteiger partial charge in [-0.2, -0.15) is 0 Å². The van der Waals surface area contributed by atoms with Crippen LogP contribution in [0.2, 0.25) is 0 Å². The quantitative estimate of drug-likeness (QED) is 0.228. The molecule has 1 fully saturated rings. The molecule has 1 amide bonds. The normalized spacial score (nSPS) is 16.8. The van der Waals surface area contributed by atoms with Crippen LogP contribution in [0.15, 0.2) is 76.6 Å². The first kappa shape index (κ1) is 27.8. The highest BCUT2D eigenvalue weighted by Gasteiger charge is 2.31. The van der Waals surface area contributed by atoms with E-state index in [1.54, 1.807) is 17.5 Å². The van der Waals surface area contributed by atoms with Crippen molar-refractivity contribution in [2.24, 2.45) is 4.99 Å². The number of amides is 1. The van der Waals surface area contributed by atoms with Gasteiger partial charge >= 0.3 is 0 Å². The zero-order chi connectivity index (χ0) is 29.3. The number of carbonyl (C=O) groups excluding carboxylic acids is 1. The third-order valence-electron chi connectivity index (χ3n) is 8.78. The van der Waals surface area contributed by atoms with Gasteiger partial charge in [0.25, 0.3) is 11.5 Å². The number of aromatic nitrogens is 1. The predicted molar refractivity (Wildman–Crippen MR) is 175 cm³/mol. The monoisotopic (exact) mass is 591 g/mol. The second kappa shape index (κ2) is 11.9. The van der Waals surface area contributed by atoms with Crippen molar-refractivity contribution in [1.82, 2.24) is 14.8 Å². The number of anilines is 1. The highest BCUT2D eigenvalue weighted by Crippen LogP contribution is 2.36. The highest BCUT2D eigenvalue weighted by molar-refractivity contribution is 7.15. The molecule has 1 atom stereocenters. The van der Waals surface area contributed by atoms with Gasteiger partial charge < -0.3 is 20.1 Å². The number of aliphatic imine (C=N–C) groups is 1. The van der Waals surface area contributed by atoms with Gasteiger partial charge in [-0.3, -0.25) is 14.6 Å². The van der Waals surface area contributed by atoms with E-state index in [1.165, 1.54) is 41.2 Å². The number of thiophene rings is 1. The first-order chi connectivity index (χ1) is 21.0. The smallest absolute Gasteiger partial charge is 0.259 e. The fraction of sp³-hybridized carbons (Fsp3) is 0.343. The summed E-state index contributed by atoms with van der Waals surface area (Å²) in [7, 11) is 0. The number of hydrogen-bond acceptors (Lipinski definition) is 6. The highest BCUT2D eigenvalue weighted by atomic mass is 32.1. The summed E-state index contributed by atoms with van der Waals surface area (Å²) < 4.78 is 0. The van der Waals surface area contributed by atoms with Crippen LogP contribution in [0.5, 0.6) is 0 Å². The zero-order valence-corrected chi connectivity index (χ0v) is 25.4. The van der Waals surface area contributed by atoms with Gasteiger partial charge in [0.05, 0.1) is 22.6 Å². The van der Waals surface area contributed by atoms with Crippen LogP contribution >= 0.6 is 11.3 Å². The Morgan fingerprint density at radius 3 is 2.67 bits per heavy atom. The molecule has 1 saturated heterocycles. The average molecular weight is 592 g/mol. The Kier molecular flexibility index (Phi) is 7.72. The van der Waals surface area contributed by atoms with Gasteiger partial charge in [-0.1, -0.05) is 30.3 Å². The first-order valence-corrected chi connectivity index (χ1v) is 16.2. The van der Waals surface area contributed by atoms with E-state index in [0.29, 0.717) is 18.5 Å². The minimum Gasteiger partial charge on any atom is -0.381 e. The lowest BCUT2D eigenvalue weighted by atomic mass is 10.00. The van der Waals surface area contributed by atoms with E-state index in [-0.39, 0.29) is 17.5 Å². The average Bonchev–Trinajstić information content (AvgIpc) is 3.81. The van der Waals surface area contributed by atoms with Gasteiger partial charge in [0, 0.05) is 53.5 Å². The molecule has 2 N–H and O–H groups in total. The number of H-pyrrole nitrogens is 1. The molecule has 4 aromatic rings. The SMILES string of the molecule is CC(Cc1ccc(-c2ccccc2)s1)Nc1cc[nH]c(=O)c1C1=Nc2cc3c(cc2C1)C(=O)N(CCCN1CCCC1)C3. The topological polar surface area (TPSA) is 80.8 Å². The maximum absolute atomic E-state index is 13.2. The van der Waals surface area contributed by atoms with E-state index in [9.17, 15) is 9.59 Å². The number of pyridine rings is 1. The molecule has 0 bridgehead atoms. The molecule has 0 radical (unpaired) electrons. The number of hydrogen-bond donors (Lipinski definition) is 2. The zero-order valence-electron chi connectivity index (χ0n) is 24.6. The van der Waals surface area contributed by atoms with Gasteiger partial charge in [-0.15, -0.1) is 11.3 Å². The number of nitrogens with zero attached hydrogens (tertiary/aromatic N) is 3. The molecule has 7 rings (SSSR count). The summed E-state index contributed by atoms with van der Waals surface area (Å²) in [6.07, 6.45) is 6.66. The van der Waals surface area contributed by atoms with Crippen molar-refractivity contribution < 1.29 is 4.79 Å². The van der Waals surface area contributed by atoms with Crippen LogP contribution < -0.4 is 10.9 Å². The van der Waals surface area contributed by atoms with Crippen LogP contribution in [0.3, 0.4) is 0 Å². The second-order valence-electron chi connectivity index (χ2n) is 12.0. The van der Waals surface area contributed by atoms with Crippen molar-refractivity contribution in [3.05, 3.63) is 104 Å². The van der Waals surface area contributed by atoms with E-state index >= 15 is 0 Å². The van der Waals surface area contributed by atoms with Crippen molar-refractivity contribution in [3.8, 4) is 10.4 Å². The molecule has 2 aromatic heterocycles. The fourth-order valence-corrected chi connectivity index (χ4v) is 7.77. The number of aromatic amines is 1. The summed E-state index contributed by atoms with van der Waals surface area (Å²) in [6, 6.07) is 20.9. The number of carbonyl (C=O) groups is 1. The molecule has 8 heteroatoms. The third kappa shape index (κ3) is 5.82. The van der Waals surface area contributed by atoms with Crippen LogP contribution in [0, 0.1) is 0 Å². The number of rotatable bonds is 10. The van der Waals surface area contributed by atoms with E-state index in [0.717, 1.165) is 59.7 Å². The lowest BCUT2D eigenvalue weighted by Crippen LogP contribution is -2.29. The number of benzene rings is 2. The largest absolute Gasteiger partial charge is 0.381 e. The van der Waals surface area contributed by atoms with Crippen molar-refractivity contribution in [2.45, 2.75) is 51.6 Å². The summed E-state index contributed by atoms with van der Waals surface area (Å²) in [4.78, 5) is 41.2. The maximum atomic E-state index is 13.2. The molecule has 3 aliphatic rings. The summed E-state index contributed by atoms with van der Waals surface area (Å²) >= 11 is 1.80. The fourth-order valence-electron chi connectivity index (χ4n) is 6.63. The molecule has 0 spiro atoms. The van der Waals surface area contributed by atoms with E-state index in [4.69, 9.17) is 4.99 Å². The van der Waals surface area contributed by atoms with Gasteiger partial charge in [-0.05, 0) is 92.8 Å². The lowest BCUT2D eigenvalue weighted by Gasteiger charge is -2.19. The minimum absolute atomic E-state index is 0.116. The number of nitrogens with one attached hydrogen (secondary N) is 2. The van der Waals surface area contributed by atoms with Crippen LogP contribution in [-0.2, 0) is 19.4 Å². The Balaban J connectivity index is 1.04. The van der Waals surface area contributed by atoms with E-state index in [1.807, 2.05) is 23.1 Å². The van der Waals surface area contributed by atoms with Gasteiger partial charge in [0.15, 0.2) is 0 Å². The molecule has 220 valence electrons. The number of likely N-dealkylation sites (tertiary alicyclic amines) is 1. The van der Waals surface area contributed by atoms with Crippen LogP contribution in [-0.4, -0.2) is 58.6 Å². The maximum Gasteiger partial charge on any atom is 0.259 e. The molecule has 7 nitrogen and oxygen atoms in total. The molecule has 2 aromatic carbocycles. The Hall–Kier alpha value is -4.01. The second-order valence-corrected chi connectivity index (χ2v) is 13.1. The van der Waals surface area contributed by atoms with Crippen molar-refractivity contribution in [3.63, 3.8) is 0 Å². The molecular weight excluding hydrogens is 554 g/mol. The summed E-state index contributed by atoms with van der Waals surface area (Å²) in [5.74, 6) is 0.116. The Morgan fingerprint density at radius 2 is 1.84 bits per heavy atom. The van der Waals surface area contributed by atoms with Crippen molar-refractivity contribution >= 4 is 34.3 Å². The first-order valence-electron chi connectivity index (χ1n) is 15.4. The van der Waals surface area contributed by atoms with Crippen molar-refractivity contribution in [1.29, 1.82) is 0 Å². The molecular formula is C35H37N5O2S. The molecule has 43 heavy (non-hydrogen) atoms. The molecule has 0 aliphatic carbocycles. The van der Waals surface area contributed by atoms with Crippen LogP contribution in [0.1, 0.15) is 58.1 Å². The van der Waals surface area contributed by atoms with Gasteiger partial charge in [-0.25, -0.2) is 0 Å². The van der Waals surface area contributed by atoms with E-state index in [2.05, 4.69) is 64.6 Å². The van der Waals surface area contributed by atoms with Gasteiger partial charge in [0.1, 0.15) is 0 Å². The van der Waals surface area contributed by atoms with E-state index < -0.39 is 0 Å². The summed E-state index contributed by atoms with van der Waals surface area (Å²) in [6.45, 7) is 7.00. The Bertz CT molecular complexity index is 1730. The minimum atomic E-state index is -0.154. The van der Waals surface area contributed by atoms with Gasteiger partial charge in [0.2, 0.25) is 0 Å². The third-order valence-corrected chi connectivity index (χ3v) is 9.93. The van der Waals surface area contributed by atoms with Crippen LogP contribution in [0.25, 0.3) is 10.4 Å². The predicted octanol–water partition coefficient (Wildman–Crippen LogP) is 6.27. The molecule has 5 heterocycles. The molecule has 1 unspecified atom stereocenters. The number of fused-ring (bicyclic) bond motifs is 2.